The number of anilines is 1. The Balaban J connectivity index is 1.76. The average molecular weight is 370 g/mol. The predicted molar refractivity (Wildman–Crippen MR) is 108 cm³/mol. The highest BCUT2D eigenvalue weighted by molar-refractivity contribution is 6.07. The fraction of sp³-hybridized carbons (Fsp3) is 0.0455. The van der Waals surface area contributed by atoms with Crippen molar-refractivity contribution in [2.75, 3.05) is 12.4 Å². The summed E-state index contributed by atoms with van der Waals surface area (Å²) in [5.74, 6) is 0.220. The first kappa shape index (κ1) is 17.5. The fourth-order valence-corrected chi connectivity index (χ4v) is 2.86. The van der Waals surface area contributed by atoms with Crippen molar-refractivity contribution in [3.05, 3.63) is 90.6 Å². The number of carbonyl (C=O) groups is 1. The van der Waals surface area contributed by atoms with Crippen LogP contribution in [0.3, 0.4) is 0 Å². The highest BCUT2D eigenvalue weighted by Crippen LogP contribution is 2.26. The molecule has 1 aromatic heterocycles. The van der Waals surface area contributed by atoms with Crippen LogP contribution in [0.1, 0.15) is 10.5 Å². The van der Waals surface area contributed by atoms with Crippen LogP contribution in [0.15, 0.2) is 84.9 Å². The molecule has 1 heterocycles. The minimum absolute atomic E-state index is 0.237. The smallest absolute Gasteiger partial charge is 0.278 e. The second-order valence-corrected chi connectivity index (χ2v) is 6.04. The van der Waals surface area contributed by atoms with Gasteiger partial charge in [-0.3, -0.25) is 4.79 Å². The second kappa shape index (κ2) is 7.75. The number of nitrogens with zero attached hydrogens (tertiary/aromatic N) is 3. The van der Waals surface area contributed by atoms with Crippen LogP contribution in [-0.2, 0) is 0 Å². The third kappa shape index (κ3) is 3.48. The van der Waals surface area contributed by atoms with Gasteiger partial charge in [0.1, 0.15) is 11.4 Å². The highest BCUT2D eigenvalue weighted by Gasteiger charge is 2.21. The van der Waals surface area contributed by atoms with E-state index in [1.165, 1.54) is 4.80 Å². The fourth-order valence-electron chi connectivity index (χ4n) is 2.86. The molecule has 0 aliphatic rings. The molecule has 28 heavy (non-hydrogen) atoms. The summed E-state index contributed by atoms with van der Waals surface area (Å²) >= 11 is 0. The van der Waals surface area contributed by atoms with E-state index >= 15 is 0 Å². The lowest BCUT2D eigenvalue weighted by atomic mass is 10.1. The zero-order valence-corrected chi connectivity index (χ0v) is 15.2. The van der Waals surface area contributed by atoms with E-state index in [9.17, 15) is 4.79 Å². The van der Waals surface area contributed by atoms with Crippen LogP contribution < -0.4 is 10.1 Å². The van der Waals surface area contributed by atoms with Crippen LogP contribution in [0.2, 0.25) is 0 Å². The molecule has 6 heteroatoms. The van der Waals surface area contributed by atoms with Crippen molar-refractivity contribution < 1.29 is 9.53 Å². The van der Waals surface area contributed by atoms with E-state index < -0.39 is 0 Å². The van der Waals surface area contributed by atoms with Crippen molar-refractivity contribution in [1.29, 1.82) is 0 Å². The van der Waals surface area contributed by atoms with E-state index in [2.05, 4.69) is 15.5 Å². The molecule has 0 fully saturated rings. The molecule has 138 valence electrons. The second-order valence-electron chi connectivity index (χ2n) is 6.04. The molecule has 0 saturated carbocycles. The average Bonchev–Trinajstić information content (AvgIpc) is 3.21. The van der Waals surface area contributed by atoms with Crippen LogP contribution >= 0.6 is 0 Å². The van der Waals surface area contributed by atoms with Crippen LogP contribution in [0.25, 0.3) is 16.9 Å². The van der Waals surface area contributed by atoms with E-state index in [1.807, 2.05) is 72.8 Å². The molecule has 1 amide bonds. The van der Waals surface area contributed by atoms with Gasteiger partial charge in [-0.2, -0.15) is 4.80 Å². The largest absolute Gasteiger partial charge is 0.495 e. The molecule has 0 spiro atoms. The SMILES string of the molecule is COc1ccccc1NC(=O)c1nn(-c2ccccc2)nc1-c1ccccc1. The van der Waals surface area contributed by atoms with E-state index in [4.69, 9.17) is 4.74 Å². The first-order chi connectivity index (χ1) is 13.8. The van der Waals surface area contributed by atoms with Crippen LogP contribution in [-0.4, -0.2) is 28.0 Å². The number of aromatic nitrogens is 3. The molecule has 0 atom stereocenters. The lowest BCUT2D eigenvalue weighted by molar-refractivity contribution is 0.102. The Morgan fingerprint density at radius 2 is 1.50 bits per heavy atom. The molecule has 0 bridgehead atoms. The summed E-state index contributed by atoms with van der Waals surface area (Å²) in [4.78, 5) is 14.5. The van der Waals surface area contributed by atoms with Gasteiger partial charge in [0.15, 0.2) is 5.69 Å². The van der Waals surface area contributed by atoms with Crippen molar-refractivity contribution in [1.82, 2.24) is 15.0 Å². The molecule has 4 aromatic rings. The zero-order chi connectivity index (χ0) is 19.3. The summed E-state index contributed by atoms with van der Waals surface area (Å²) < 4.78 is 5.32. The van der Waals surface area contributed by atoms with Gasteiger partial charge in [-0.05, 0) is 24.3 Å². The molecule has 0 unspecified atom stereocenters. The Labute approximate surface area is 162 Å². The summed E-state index contributed by atoms with van der Waals surface area (Å²) in [7, 11) is 1.56. The first-order valence-electron chi connectivity index (χ1n) is 8.79. The Morgan fingerprint density at radius 1 is 0.857 bits per heavy atom. The number of rotatable bonds is 5. The van der Waals surface area contributed by atoms with E-state index in [0.717, 1.165) is 11.3 Å². The minimum atomic E-state index is -0.356. The lowest BCUT2D eigenvalue weighted by Gasteiger charge is -2.09. The molecule has 0 radical (unpaired) electrons. The van der Waals surface area contributed by atoms with Gasteiger partial charge in [-0.15, -0.1) is 10.2 Å². The number of benzene rings is 3. The maximum Gasteiger partial charge on any atom is 0.278 e. The van der Waals surface area contributed by atoms with Crippen LogP contribution in [0, 0.1) is 0 Å². The summed E-state index contributed by atoms with van der Waals surface area (Å²) in [5.41, 5.74) is 2.91. The van der Waals surface area contributed by atoms with Crippen molar-refractivity contribution in [2.24, 2.45) is 0 Å². The maximum absolute atomic E-state index is 13.0. The Morgan fingerprint density at radius 3 is 2.21 bits per heavy atom. The topological polar surface area (TPSA) is 69.0 Å². The molecule has 1 N–H and O–H groups in total. The van der Waals surface area contributed by atoms with E-state index in [-0.39, 0.29) is 11.6 Å². The van der Waals surface area contributed by atoms with Crippen molar-refractivity contribution in [2.45, 2.75) is 0 Å². The number of methoxy groups -OCH3 is 1. The third-order valence-corrected chi connectivity index (χ3v) is 4.22. The summed E-state index contributed by atoms with van der Waals surface area (Å²) in [6, 6.07) is 26.2. The number of amides is 1. The van der Waals surface area contributed by atoms with Gasteiger partial charge in [0.2, 0.25) is 0 Å². The first-order valence-corrected chi connectivity index (χ1v) is 8.79. The molecule has 0 aliphatic heterocycles. The van der Waals surface area contributed by atoms with Crippen LogP contribution in [0.5, 0.6) is 5.75 Å². The van der Waals surface area contributed by atoms with Gasteiger partial charge >= 0.3 is 0 Å². The standard InChI is InChI=1S/C22H18N4O2/c1-28-19-15-9-8-14-18(19)23-22(27)21-20(16-10-4-2-5-11-16)24-26(25-21)17-12-6-3-7-13-17/h2-15H,1H3,(H,23,27). The molecule has 0 aliphatic carbocycles. The third-order valence-electron chi connectivity index (χ3n) is 4.22. The number of nitrogens with one attached hydrogen (secondary N) is 1. The summed E-state index contributed by atoms with van der Waals surface area (Å²) in [6.45, 7) is 0. The van der Waals surface area contributed by atoms with Crippen molar-refractivity contribution >= 4 is 11.6 Å². The summed E-state index contributed by atoms with van der Waals surface area (Å²) in [5, 5.41) is 11.9. The molecule has 4 rings (SSSR count). The van der Waals surface area contributed by atoms with Gasteiger partial charge in [-0.25, -0.2) is 0 Å². The number of para-hydroxylation sites is 3. The monoisotopic (exact) mass is 370 g/mol. The molecule has 3 aromatic carbocycles. The summed E-state index contributed by atoms with van der Waals surface area (Å²) in [6.07, 6.45) is 0. The highest BCUT2D eigenvalue weighted by atomic mass is 16.5. The van der Waals surface area contributed by atoms with Crippen molar-refractivity contribution in [3.63, 3.8) is 0 Å². The number of hydrogen-bond acceptors (Lipinski definition) is 4. The van der Waals surface area contributed by atoms with Gasteiger partial charge in [0, 0.05) is 5.56 Å². The Hall–Kier alpha value is -3.93. The molecular weight excluding hydrogens is 352 g/mol. The van der Waals surface area contributed by atoms with Gasteiger partial charge < -0.3 is 10.1 Å². The van der Waals surface area contributed by atoms with E-state index in [1.54, 1.807) is 19.2 Å². The van der Waals surface area contributed by atoms with Gasteiger partial charge in [-0.1, -0.05) is 60.7 Å². The van der Waals surface area contributed by atoms with E-state index in [0.29, 0.717) is 17.1 Å². The molecule has 0 saturated heterocycles. The number of hydrogen-bond donors (Lipinski definition) is 1. The van der Waals surface area contributed by atoms with Gasteiger partial charge in [0.25, 0.3) is 5.91 Å². The van der Waals surface area contributed by atoms with Gasteiger partial charge in [0.05, 0.1) is 18.5 Å². The van der Waals surface area contributed by atoms with Crippen LogP contribution in [0.4, 0.5) is 5.69 Å². The Bertz CT molecular complexity index is 1090. The zero-order valence-electron chi connectivity index (χ0n) is 15.2. The molecular formula is C22H18N4O2. The maximum atomic E-state index is 13.0. The normalized spacial score (nSPS) is 10.5. The quantitative estimate of drug-likeness (QED) is 0.572. The number of carbonyl (C=O) groups excluding carboxylic acids is 1. The predicted octanol–water partition coefficient (Wildman–Crippen LogP) is 4.20. The number of ether oxygens (including phenoxy) is 1. The Kier molecular flexibility index (Phi) is 4.84. The molecule has 6 nitrogen and oxygen atoms in total. The van der Waals surface area contributed by atoms with Crippen molar-refractivity contribution in [3.8, 4) is 22.7 Å². The minimum Gasteiger partial charge on any atom is -0.495 e. The lowest BCUT2D eigenvalue weighted by Crippen LogP contribution is -2.14.